The highest BCUT2D eigenvalue weighted by molar-refractivity contribution is 7.94. The zero-order valence-electron chi connectivity index (χ0n) is 14.2. The number of carbonyl (C=O) groups excluding carboxylic acids is 1. The molecule has 0 aromatic heterocycles. The maximum Gasteiger partial charge on any atom is 0.261 e. The second-order valence-corrected chi connectivity index (χ2v) is 8.44. The Bertz CT molecular complexity index is 963. The van der Waals surface area contributed by atoms with Gasteiger partial charge in [0.2, 0.25) is 0 Å². The molecule has 0 aliphatic carbocycles. The fourth-order valence-electron chi connectivity index (χ4n) is 2.72. The lowest BCUT2D eigenvalue weighted by Crippen LogP contribution is -2.42. The van der Waals surface area contributed by atoms with Crippen LogP contribution in [0.25, 0.3) is 0 Å². The summed E-state index contributed by atoms with van der Waals surface area (Å²) in [5.74, 6) is -0.870. The summed E-state index contributed by atoms with van der Waals surface area (Å²) in [6, 6.07) is 12.5. The fraction of sp³-hybridized carbons (Fsp3) is 0.211. The van der Waals surface area contributed by atoms with Crippen LogP contribution >= 0.6 is 11.6 Å². The van der Waals surface area contributed by atoms with Crippen LogP contribution in [0, 0.1) is 5.82 Å². The number of hydrogen-bond donors (Lipinski definition) is 0. The van der Waals surface area contributed by atoms with Gasteiger partial charge in [0.15, 0.2) is 16.4 Å². The average Bonchev–Trinajstić information content (AvgIpc) is 3.01. The van der Waals surface area contributed by atoms with Gasteiger partial charge in [0.05, 0.1) is 16.8 Å². The molecule has 1 aliphatic rings. The fourth-order valence-corrected chi connectivity index (χ4v) is 4.19. The summed E-state index contributed by atoms with van der Waals surface area (Å²) in [5, 5.41) is 1.02. The second-order valence-electron chi connectivity index (χ2n) is 6.10. The number of rotatable bonds is 6. The van der Waals surface area contributed by atoms with Crippen LogP contribution in [0.4, 0.5) is 4.39 Å². The third-order valence-electron chi connectivity index (χ3n) is 4.08. The molecule has 0 bridgehead atoms. The van der Waals surface area contributed by atoms with Gasteiger partial charge >= 0.3 is 0 Å². The number of nitrogens with zero attached hydrogens (tertiary/aromatic N) is 1. The van der Waals surface area contributed by atoms with E-state index in [0.29, 0.717) is 0 Å². The zero-order chi connectivity index (χ0) is 19.4. The molecule has 2 aromatic carbocycles. The van der Waals surface area contributed by atoms with E-state index in [4.69, 9.17) is 16.3 Å². The molecule has 3 rings (SSSR count). The van der Waals surface area contributed by atoms with Crippen LogP contribution in [0.3, 0.4) is 0 Å². The SMILES string of the molecule is O=C(COc1ccc(F)c(Cl)c1)N(Cc1ccccc1)[C@@H]1C=CS(=O)(=O)C1. The Balaban J connectivity index is 1.74. The minimum absolute atomic E-state index is 0.106. The molecule has 1 amide bonds. The molecule has 1 atom stereocenters. The molecule has 0 N–H and O–H groups in total. The molecule has 142 valence electrons. The van der Waals surface area contributed by atoms with E-state index < -0.39 is 21.7 Å². The Morgan fingerprint density at radius 3 is 2.59 bits per heavy atom. The van der Waals surface area contributed by atoms with Crippen LogP contribution in [-0.2, 0) is 21.2 Å². The van der Waals surface area contributed by atoms with Gasteiger partial charge in [-0.3, -0.25) is 4.79 Å². The molecule has 0 saturated carbocycles. The lowest BCUT2D eigenvalue weighted by atomic mass is 10.2. The van der Waals surface area contributed by atoms with Gasteiger partial charge in [-0.25, -0.2) is 12.8 Å². The van der Waals surface area contributed by atoms with E-state index in [9.17, 15) is 17.6 Å². The first kappa shape index (κ1) is 19.4. The number of benzene rings is 2. The predicted octanol–water partition coefficient (Wildman–Crippen LogP) is 3.20. The van der Waals surface area contributed by atoms with E-state index >= 15 is 0 Å². The van der Waals surface area contributed by atoms with Crippen molar-refractivity contribution in [3.05, 3.63) is 76.4 Å². The van der Waals surface area contributed by atoms with E-state index in [0.717, 1.165) is 17.0 Å². The van der Waals surface area contributed by atoms with Crippen molar-refractivity contribution in [1.29, 1.82) is 0 Å². The van der Waals surface area contributed by atoms with Crippen molar-refractivity contribution in [3.63, 3.8) is 0 Å². The third kappa shape index (κ3) is 5.08. The summed E-state index contributed by atoms with van der Waals surface area (Å²) >= 11 is 5.71. The summed E-state index contributed by atoms with van der Waals surface area (Å²) in [4.78, 5) is 14.2. The van der Waals surface area contributed by atoms with Crippen LogP contribution in [0.1, 0.15) is 5.56 Å². The van der Waals surface area contributed by atoms with Crippen LogP contribution in [0.15, 0.2) is 60.0 Å². The minimum Gasteiger partial charge on any atom is -0.484 e. The Kier molecular flexibility index (Phi) is 5.82. The van der Waals surface area contributed by atoms with Gasteiger partial charge in [0.25, 0.3) is 5.91 Å². The maximum absolute atomic E-state index is 13.2. The Morgan fingerprint density at radius 2 is 1.96 bits per heavy atom. The van der Waals surface area contributed by atoms with Gasteiger partial charge in [-0.15, -0.1) is 0 Å². The number of halogens is 2. The molecule has 1 aliphatic heterocycles. The van der Waals surface area contributed by atoms with Gasteiger partial charge in [-0.05, 0) is 23.8 Å². The van der Waals surface area contributed by atoms with Crippen LogP contribution < -0.4 is 4.74 Å². The molecule has 1 heterocycles. The predicted molar refractivity (Wildman–Crippen MR) is 101 cm³/mol. The summed E-state index contributed by atoms with van der Waals surface area (Å²) in [6.45, 7) is -0.0725. The first-order valence-corrected chi connectivity index (χ1v) is 10.3. The topological polar surface area (TPSA) is 63.7 Å². The van der Waals surface area contributed by atoms with Gasteiger partial charge in [0.1, 0.15) is 11.6 Å². The molecule has 27 heavy (non-hydrogen) atoms. The largest absolute Gasteiger partial charge is 0.484 e. The normalized spacial score (nSPS) is 17.6. The van der Waals surface area contributed by atoms with Crippen LogP contribution in [0.5, 0.6) is 5.75 Å². The summed E-state index contributed by atoms with van der Waals surface area (Å²) in [7, 11) is -3.32. The summed E-state index contributed by atoms with van der Waals surface area (Å²) < 4.78 is 42.2. The van der Waals surface area contributed by atoms with Crippen molar-refractivity contribution in [2.45, 2.75) is 12.6 Å². The number of sulfone groups is 1. The van der Waals surface area contributed by atoms with E-state index in [1.165, 1.54) is 23.1 Å². The molecular formula is C19H17ClFNO4S. The van der Waals surface area contributed by atoms with E-state index in [-0.39, 0.29) is 35.6 Å². The number of hydrogen-bond acceptors (Lipinski definition) is 4. The first-order valence-electron chi connectivity index (χ1n) is 8.16. The molecule has 0 unspecified atom stereocenters. The lowest BCUT2D eigenvalue weighted by molar-refractivity contribution is -0.135. The smallest absolute Gasteiger partial charge is 0.261 e. The molecule has 0 saturated heterocycles. The Labute approximate surface area is 161 Å². The molecule has 8 heteroatoms. The minimum atomic E-state index is -3.32. The highest BCUT2D eigenvalue weighted by Gasteiger charge is 2.30. The average molecular weight is 410 g/mol. The Hall–Kier alpha value is -2.38. The molecule has 2 aromatic rings. The Morgan fingerprint density at radius 1 is 1.22 bits per heavy atom. The third-order valence-corrected chi connectivity index (χ3v) is 5.75. The summed E-state index contributed by atoms with van der Waals surface area (Å²) in [6.07, 6.45) is 1.50. The standard InChI is InChI=1S/C19H17ClFNO4S/c20-17-10-16(6-7-18(17)21)26-12-19(23)22(11-14-4-2-1-3-5-14)15-8-9-27(24,25)13-15/h1-10,15H,11-13H2/t15-/m1/s1. The van der Waals surface area contributed by atoms with E-state index in [2.05, 4.69) is 0 Å². The van der Waals surface area contributed by atoms with Crippen LogP contribution in [-0.4, -0.2) is 37.6 Å². The van der Waals surface area contributed by atoms with Crippen molar-refractivity contribution in [2.75, 3.05) is 12.4 Å². The van der Waals surface area contributed by atoms with Gasteiger partial charge in [-0.2, -0.15) is 0 Å². The second kappa shape index (κ2) is 8.10. The van der Waals surface area contributed by atoms with Crippen LogP contribution in [0.2, 0.25) is 5.02 Å². The first-order chi connectivity index (χ1) is 12.8. The van der Waals surface area contributed by atoms with E-state index in [1.54, 1.807) is 0 Å². The highest BCUT2D eigenvalue weighted by atomic mass is 35.5. The van der Waals surface area contributed by atoms with Crippen molar-refractivity contribution in [1.82, 2.24) is 4.90 Å². The van der Waals surface area contributed by atoms with Gasteiger partial charge in [0, 0.05) is 18.0 Å². The van der Waals surface area contributed by atoms with Gasteiger partial charge in [-0.1, -0.05) is 41.9 Å². The maximum atomic E-state index is 13.2. The lowest BCUT2D eigenvalue weighted by Gasteiger charge is -2.27. The van der Waals surface area contributed by atoms with Gasteiger partial charge < -0.3 is 9.64 Å². The molecular weight excluding hydrogens is 393 g/mol. The highest BCUT2D eigenvalue weighted by Crippen LogP contribution is 2.22. The van der Waals surface area contributed by atoms with Crippen molar-refractivity contribution in [3.8, 4) is 5.75 Å². The summed E-state index contributed by atoms with van der Waals surface area (Å²) in [5.41, 5.74) is 0.869. The van der Waals surface area contributed by atoms with Crippen molar-refractivity contribution >= 4 is 27.3 Å². The number of amides is 1. The van der Waals surface area contributed by atoms with Crippen molar-refractivity contribution < 1.29 is 22.3 Å². The molecule has 0 spiro atoms. The monoisotopic (exact) mass is 409 g/mol. The molecule has 0 fully saturated rings. The quantitative estimate of drug-likeness (QED) is 0.735. The number of carbonyl (C=O) groups is 1. The van der Waals surface area contributed by atoms with Crippen molar-refractivity contribution in [2.24, 2.45) is 0 Å². The molecule has 0 radical (unpaired) electrons. The number of ether oxygens (including phenoxy) is 1. The zero-order valence-corrected chi connectivity index (χ0v) is 15.8. The molecule has 5 nitrogen and oxygen atoms in total. The van der Waals surface area contributed by atoms with E-state index in [1.807, 2.05) is 30.3 Å².